The van der Waals surface area contributed by atoms with E-state index in [-0.39, 0.29) is 29.9 Å². The van der Waals surface area contributed by atoms with Crippen LogP contribution in [0.5, 0.6) is 0 Å². The molecule has 42 heavy (non-hydrogen) atoms. The fourth-order valence-electron chi connectivity index (χ4n) is 4.98. The molecule has 2 N–H and O–H groups in total. The van der Waals surface area contributed by atoms with E-state index >= 15 is 8.78 Å². The number of benzene rings is 2. The molecule has 2 aromatic carbocycles. The van der Waals surface area contributed by atoms with E-state index in [0.29, 0.717) is 33.8 Å². The van der Waals surface area contributed by atoms with Gasteiger partial charge in [-0.05, 0) is 74.2 Å². The highest BCUT2D eigenvalue weighted by atomic mass is 35.5. The quantitative estimate of drug-likeness (QED) is 0.0800. The Balaban J connectivity index is 1.50. The van der Waals surface area contributed by atoms with Crippen LogP contribution in [0.1, 0.15) is 48.5 Å². The normalized spacial score (nSPS) is 13.8. The minimum Gasteiger partial charge on any atom is -0.444 e. The van der Waals surface area contributed by atoms with Gasteiger partial charge < -0.3 is 14.8 Å². The Morgan fingerprint density at radius 1 is 1.14 bits per heavy atom. The van der Waals surface area contributed by atoms with Crippen LogP contribution in [-0.2, 0) is 16.3 Å². The number of pyridine rings is 1. The van der Waals surface area contributed by atoms with E-state index in [4.69, 9.17) is 16.3 Å². The predicted octanol–water partition coefficient (Wildman–Crippen LogP) is 7.23. The van der Waals surface area contributed by atoms with Crippen LogP contribution < -0.4 is 10.0 Å². The number of fused-ring (bicyclic) bond motifs is 1. The maximum atomic E-state index is 15.5. The summed E-state index contributed by atoms with van der Waals surface area (Å²) in [7, 11) is 0. The molecule has 1 saturated heterocycles. The molecule has 1 aliphatic heterocycles. The van der Waals surface area contributed by atoms with Gasteiger partial charge in [0.25, 0.3) is 0 Å². The third-order valence-corrected chi connectivity index (χ3v) is 8.45. The fourth-order valence-corrected chi connectivity index (χ4v) is 5.72. The maximum Gasteiger partial charge on any atom is 0.307 e. The van der Waals surface area contributed by atoms with Crippen LogP contribution in [0.4, 0.5) is 14.5 Å². The summed E-state index contributed by atoms with van der Waals surface area (Å²) in [4.78, 5) is 31.0. The lowest BCUT2D eigenvalue weighted by Crippen LogP contribution is -2.29. The van der Waals surface area contributed by atoms with Gasteiger partial charge in [-0.15, -0.1) is 0 Å². The molecular weight excluding hydrogens is 582 g/mol. The van der Waals surface area contributed by atoms with Gasteiger partial charge in [0, 0.05) is 40.5 Å². The highest BCUT2D eigenvalue weighted by Gasteiger charge is 2.26. The molecule has 1 fully saturated rings. The molecule has 3 heterocycles. The monoisotopic (exact) mass is 612 g/mol. The van der Waals surface area contributed by atoms with E-state index in [2.05, 4.69) is 15.0 Å². The zero-order valence-corrected chi connectivity index (χ0v) is 24.7. The zero-order valence-electron chi connectivity index (χ0n) is 23.1. The van der Waals surface area contributed by atoms with Gasteiger partial charge in [0.1, 0.15) is 11.5 Å². The number of carbonyl (C=O) groups excluding carboxylic acids is 2. The summed E-state index contributed by atoms with van der Waals surface area (Å²) in [5.41, 5.74) is 1.22. The Hall–Kier alpha value is -3.47. The number of hydrogen-bond donors (Lipinski definition) is 2. The second kappa shape index (κ2) is 13.7. The number of esters is 1. The topological polar surface area (TPSA) is 85.2 Å². The van der Waals surface area contributed by atoms with Crippen molar-refractivity contribution in [3.63, 3.8) is 0 Å². The standard InChI is InChI=1S/C31H31ClF2N4O3S/c1-2-13-42-37-26-8-7-25(33)28(29(26)34)30(40)24-17-38(18-41-27(39)14-19-9-11-35-12-10-19)31-23(24)15-21(16-36-31)20-3-5-22(32)6-4-20/h3-8,15-17,19,35,37H,2,9-14,18H2,1H3. The summed E-state index contributed by atoms with van der Waals surface area (Å²) >= 11 is 7.32. The molecule has 7 nitrogen and oxygen atoms in total. The van der Waals surface area contributed by atoms with Gasteiger partial charge in [-0.3, -0.25) is 14.2 Å². The van der Waals surface area contributed by atoms with Gasteiger partial charge >= 0.3 is 5.97 Å². The summed E-state index contributed by atoms with van der Waals surface area (Å²) in [6.07, 6.45) is 6.02. The Morgan fingerprint density at radius 3 is 2.64 bits per heavy atom. The minimum atomic E-state index is -0.973. The molecule has 1 aliphatic rings. The number of ether oxygens (including phenoxy) is 1. The Morgan fingerprint density at radius 2 is 1.90 bits per heavy atom. The lowest BCUT2D eigenvalue weighted by molar-refractivity contribution is -0.148. The summed E-state index contributed by atoms with van der Waals surface area (Å²) in [5, 5.41) is 4.22. The zero-order chi connectivity index (χ0) is 29.6. The summed E-state index contributed by atoms with van der Waals surface area (Å²) in [6, 6.07) is 11.2. The molecule has 220 valence electrons. The van der Waals surface area contributed by atoms with Crippen LogP contribution in [0, 0.1) is 17.6 Å². The number of ketones is 1. The third kappa shape index (κ3) is 6.77. The van der Waals surface area contributed by atoms with Crippen molar-refractivity contribution in [3.05, 3.63) is 82.6 Å². The molecule has 5 rings (SSSR count). The first-order valence-corrected chi connectivity index (χ1v) is 15.2. The second-order valence-electron chi connectivity index (χ2n) is 10.2. The third-order valence-electron chi connectivity index (χ3n) is 7.22. The van der Waals surface area contributed by atoms with Crippen LogP contribution in [0.15, 0.2) is 54.9 Å². The van der Waals surface area contributed by atoms with E-state index in [1.165, 1.54) is 28.8 Å². The van der Waals surface area contributed by atoms with Gasteiger partial charge in [-0.1, -0.05) is 42.6 Å². The summed E-state index contributed by atoms with van der Waals surface area (Å²) in [5.74, 6) is -2.17. The highest BCUT2D eigenvalue weighted by molar-refractivity contribution is 8.00. The van der Waals surface area contributed by atoms with Crippen molar-refractivity contribution in [2.24, 2.45) is 5.92 Å². The molecule has 0 spiro atoms. The number of nitrogens with zero attached hydrogens (tertiary/aromatic N) is 2. The number of nitrogens with one attached hydrogen (secondary N) is 2. The van der Waals surface area contributed by atoms with E-state index in [0.717, 1.165) is 44.0 Å². The lowest BCUT2D eigenvalue weighted by atomic mass is 9.95. The minimum absolute atomic E-state index is 0.0220. The highest BCUT2D eigenvalue weighted by Crippen LogP contribution is 2.32. The predicted molar refractivity (Wildman–Crippen MR) is 163 cm³/mol. The first-order valence-electron chi connectivity index (χ1n) is 13.9. The van der Waals surface area contributed by atoms with Crippen molar-refractivity contribution in [2.45, 2.75) is 39.3 Å². The van der Waals surface area contributed by atoms with Gasteiger partial charge in [0.15, 0.2) is 12.5 Å². The first kappa shape index (κ1) is 30.0. The molecule has 2 aromatic heterocycles. The van der Waals surface area contributed by atoms with Crippen molar-refractivity contribution >= 4 is 52.0 Å². The Labute approximate surface area is 252 Å². The summed E-state index contributed by atoms with van der Waals surface area (Å²) < 4.78 is 40.5. The van der Waals surface area contributed by atoms with Crippen molar-refractivity contribution < 1.29 is 23.1 Å². The smallest absolute Gasteiger partial charge is 0.307 e. The average Bonchev–Trinajstić information content (AvgIpc) is 3.36. The number of aromatic nitrogens is 2. The van der Waals surface area contributed by atoms with E-state index < -0.39 is 23.0 Å². The number of piperidine rings is 1. The largest absolute Gasteiger partial charge is 0.444 e. The maximum absolute atomic E-state index is 15.5. The van der Waals surface area contributed by atoms with Gasteiger partial charge in [0.05, 0.1) is 16.8 Å². The molecule has 0 atom stereocenters. The van der Waals surface area contributed by atoms with Crippen LogP contribution in [0.25, 0.3) is 22.2 Å². The first-order chi connectivity index (χ1) is 20.4. The molecule has 4 aromatic rings. The number of carbonyl (C=O) groups is 2. The molecule has 0 radical (unpaired) electrons. The van der Waals surface area contributed by atoms with Crippen LogP contribution in [0.3, 0.4) is 0 Å². The molecule has 0 amide bonds. The van der Waals surface area contributed by atoms with Crippen molar-refractivity contribution in [2.75, 3.05) is 23.6 Å². The second-order valence-corrected chi connectivity index (χ2v) is 11.6. The van der Waals surface area contributed by atoms with Crippen molar-refractivity contribution in [1.82, 2.24) is 14.9 Å². The van der Waals surface area contributed by atoms with E-state index in [1.807, 2.05) is 19.1 Å². The van der Waals surface area contributed by atoms with Gasteiger partial charge in [-0.2, -0.15) is 0 Å². The SMILES string of the molecule is CCCSNc1ccc(F)c(C(=O)c2cn(COC(=O)CC3CCNCC3)c3ncc(-c4ccc(Cl)cc4)cc23)c1F. The Kier molecular flexibility index (Phi) is 9.76. The molecule has 0 aliphatic carbocycles. The average molecular weight is 613 g/mol. The van der Waals surface area contributed by atoms with E-state index in [9.17, 15) is 9.59 Å². The number of anilines is 1. The van der Waals surface area contributed by atoms with Crippen molar-refractivity contribution in [1.29, 1.82) is 0 Å². The number of rotatable bonds is 11. The number of halogens is 3. The number of hydrogen-bond acceptors (Lipinski definition) is 7. The fraction of sp³-hybridized carbons (Fsp3) is 0.323. The molecule has 0 bridgehead atoms. The lowest BCUT2D eigenvalue weighted by Gasteiger charge is -2.21. The molecular formula is C31H31ClF2N4O3S. The van der Waals surface area contributed by atoms with Crippen LogP contribution >= 0.6 is 23.5 Å². The molecule has 11 heteroatoms. The van der Waals surface area contributed by atoms with Gasteiger partial charge in [-0.25, -0.2) is 13.8 Å². The van der Waals surface area contributed by atoms with Gasteiger partial charge in [0.2, 0.25) is 5.78 Å². The summed E-state index contributed by atoms with van der Waals surface area (Å²) in [6.45, 7) is 3.53. The molecule has 0 unspecified atom stereocenters. The van der Waals surface area contributed by atoms with Crippen LogP contribution in [-0.4, -0.2) is 40.1 Å². The Bertz CT molecular complexity index is 1590. The van der Waals surface area contributed by atoms with E-state index in [1.54, 1.807) is 24.4 Å². The van der Waals surface area contributed by atoms with Crippen molar-refractivity contribution in [3.8, 4) is 11.1 Å². The molecule has 0 saturated carbocycles. The van der Waals surface area contributed by atoms with Crippen LogP contribution in [0.2, 0.25) is 5.02 Å².